The normalized spacial score (nSPS) is 9.77. The lowest BCUT2D eigenvalue weighted by atomic mass is 10.3. The first-order chi connectivity index (χ1) is 6.33. The van der Waals surface area contributed by atoms with Crippen molar-refractivity contribution in [3.8, 4) is 11.8 Å². The van der Waals surface area contributed by atoms with E-state index in [2.05, 4.69) is 9.97 Å². The third kappa shape index (κ3) is 2.04. The van der Waals surface area contributed by atoms with Gasteiger partial charge in [-0.1, -0.05) is 0 Å². The van der Waals surface area contributed by atoms with Crippen LogP contribution in [0.2, 0.25) is 0 Å². The number of rotatable bonds is 4. The molecule has 1 heterocycles. The molecule has 0 bridgehead atoms. The molecule has 0 aliphatic heterocycles. The largest absolute Gasteiger partial charge is 0.481 e. The summed E-state index contributed by atoms with van der Waals surface area (Å²) in [4.78, 5) is 7.72. The summed E-state index contributed by atoms with van der Waals surface area (Å²) in [6.45, 7) is 0.174. The van der Waals surface area contributed by atoms with Gasteiger partial charge in [0.25, 0.3) is 0 Å². The van der Waals surface area contributed by atoms with Crippen LogP contribution in [0.5, 0.6) is 11.8 Å². The minimum atomic E-state index is 0.174. The van der Waals surface area contributed by atoms with E-state index in [9.17, 15) is 0 Å². The van der Waals surface area contributed by atoms with Gasteiger partial charge in [-0.15, -0.1) is 0 Å². The van der Waals surface area contributed by atoms with Gasteiger partial charge in [0.15, 0.2) is 0 Å². The van der Waals surface area contributed by atoms with E-state index in [0.717, 1.165) is 0 Å². The molecule has 0 aliphatic carbocycles. The summed E-state index contributed by atoms with van der Waals surface area (Å²) in [5.41, 5.74) is 2.57. The van der Waals surface area contributed by atoms with Crippen molar-refractivity contribution in [1.82, 2.24) is 15.4 Å². The van der Waals surface area contributed by atoms with E-state index in [4.69, 9.17) is 14.7 Å². The van der Waals surface area contributed by atoms with Gasteiger partial charge < -0.3 is 14.7 Å². The zero-order valence-corrected chi connectivity index (χ0v) is 7.44. The molecule has 0 radical (unpaired) electrons. The number of hydrogen-bond acceptors (Lipinski definition) is 6. The van der Waals surface area contributed by atoms with Crippen molar-refractivity contribution in [3.63, 3.8) is 0 Å². The van der Waals surface area contributed by atoms with Gasteiger partial charge in [0.1, 0.15) is 6.33 Å². The Morgan fingerprint density at radius 3 is 2.23 bits per heavy atom. The number of aromatic nitrogens is 2. The summed E-state index contributed by atoms with van der Waals surface area (Å²) in [5.74, 6) is 0.766. The molecule has 0 saturated heterocycles. The predicted molar refractivity (Wildman–Crippen MR) is 43.8 cm³/mol. The van der Waals surface area contributed by atoms with E-state index >= 15 is 0 Å². The maximum absolute atomic E-state index is 8.54. The number of nitrogens with zero attached hydrogens (tertiary/aromatic N) is 2. The third-order valence-corrected chi connectivity index (χ3v) is 1.51. The summed E-state index contributed by atoms with van der Waals surface area (Å²) < 4.78 is 9.92. The van der Waals surface area contributed by atoms with Gasteiger partial charge in [0.2, 0.25) is 11.8 Å². The van der Waals surface area contributed by atoms with Crippen LogP contribution in [0.3, 0.4) is 0 Å². The van der Waals surface area contributed by atoms with Gasteiger partial charge in [-0.05, 0) is 0 Å². The Labute approximate surface area is 75.5 Å². The Morgan fingerprint density at radius 1 is 1.31 bits per heavy atom. The van der Waals surface area contributed by atoms with Gasteiger partial charge in [-0.25, -0.2) is 15.4 Å². The average molecular weight is 185 g/mol. The van der Waals surface area contributed by atoms with Gasteiger partial charge in [-0.2, -0.15) is 0 Å². The standard InChI is InChI=1S/C7H11N3O3/c1-12-6-5(3-10-11)7(13-2)9-4-8-6/h4,10-11H,3H2,1-2H3. The molecule has 2 N–H and O–H groups in total. The third-order valence-electron chi connectivity index (χ3n) is 1.51. The second-order valence-corrected chi connectivity index (χ2v) is 2.21. The van der Waals surface area contributed by atoms with Gasteiger partial charge in [-0.3, -0.25) is 0 Å². The van der Waals surface area contributed by atoms with Crippen molar-refractivity contribution in [1.29, 1.82) is 0 Å². The number of methoxy groups -OCH3 is 2. The minimum Gasteiger partial charge on any atom is -0.481 e. The Kier molecular flexibility index (Phi) is 3.41. The smallest absolute Gasteiger partial charge is 0.224 e. The lowest BCUT2D eigenvalue weighted by molar-refractivity contribution is 0.158. The molecule has 1 rings (SSSR count). The van der Waals surface area contributed by atoms with Crippen molar-refractivity contribution in [3.05, 3.63) is 11.9 Å². The summed E-state index contributed by atoms with van der Waals surface area (Å²) in [6, 6.07) is 0. The number of ether oxygens (including phenoxy) is 2. The van der Waals surface area contributed by atoms with Crippen molar-refractivity contribution >= 4 is 0 Å². The summed E-state index contributed by atoms with van der Waals surface area (Å²) in [5, 5.41) is 8.54. The summed E-state index contributed by atoms with van der Waals surface area (Å²) >= 11 is 0. The van der Waals surface area contributed by atoms with Crippen LogP contribution in [0.15, 0.2) is 6.33 Å². The predicted octanol–water partition coefficient (Wildman–Crippen LogP) is -0.0274. The number of hydroxylamine groups is 1. The van der Waals surface area contributed by atoms with Crippen LogP contribution in [-0.2, 0) is 6.54 Å². The summed E-state index contributed by atoms with van der Waals surface area (Å²) in [7, 11) is 2.98. The van der Waals surface area contributed by atoms with Crippen LogP contribution in [-0.4, -0.2) is 29.4 Å². The van der Waals surface area contributed by atoms with Crippen molar-refractivity contribution in [2.24, 2.45) is 0 Å². The molecule has 1 aromatic rings. The number of nitrogens with one attached hydrogen (secondary N) is 1. The molecular formula is C7H11N3O3. The fourth-order valence-corrected chi connectivity index (χ4v) is 0.963. The molecule has 0 aromatic carbocycles. The topological polar surface area (TPSA) is 76.5 Å². The van der Waals surface area contributed by atoms with Crippen LogP contribution in [0, 0.1) is 0 Å². The fraction of sp³-hybridized carbons (Fsp3) is 0.429. The molecule has 0 unspecified atom stereocenters. The van der Waals surface area contributed by atoms with Crippen LogP contribution < -0.4 is 15.0 Å². The van der Waals surface area contributed by atoms with Crippen LogP contribution in [0.4, 0.5) is 0 Å². The molecule has 13 heavy (non-hydrogen) atoms. The second kappa shape index (κ2) is 4.58. The molecule has 6 nitrogen and oxygen atoms in total. The lowest BCUT2D eigenvalue weighted by Crippen LogP contribution is -2.10. The van der Waals surface area contributed by atoms with E-state index in [0.29, 0.717) is 17.3 Å². The quantitative estimate of drug-likeness (QED) is 0.641. The Morgan fingerprint density at radius 2 is 1.85 bits per heavy atom. The highest BCUT2D eigenvalue weighted by atomic mass is 16.5. The van der Waals surface area contributed by atoms with E-state index in [1.165, 1.54) is 20.5 Å². The Bertz CT molecular complexity index is 257. The van der Waals surface area contributed by atoms with Gasteiger partial charge in [0, 0.05) is 0 Å². The van der Waals surface area contributed by atoms with Crippen LogP contribution in [0.1, 0.15) is 5.56 Å². The molecule has 0 fully saturated rings. The molecular weight excluding hydrogens is 174 g/mol. The highest BCUT2D eigenvalue weighted by Crippen LogP contribution is 2.22. The highest BCUT2D eigenvalue weighted by molar-refractivity contribution is 5.33. The molecule has 1 aromatic heterocycles. The van der Waals surface area contributed by atoms with E-state index in [1.807, 2.05) is 5.48 Å². The molecule has 72 valence electrons. The van der Waals surface area contributed by atoms with Crippen molar-refractivity contribution < 1.29 is 14.7 Å². The monoisotopic (exact) mass is 185 g/mol. The maximum atomic E-state index is 8.54. The first kappa shape index (κ1) is 9.69. The fourth-order valence-electron chi connectivity index (χ4n) is 0.963. The zero-order valence-electron chi connectivity index (χ0n) is 7.44. The van der Waals surface area contributed by atoms with Crippen LogP contribution in [0.25, 0.3) is 0 Å². The molecule has 0 amide bonds. The lowest BCUT2D eigenvalue weighted by Gasteiger charge is -2.08. The Hall–Kier alpha value is -1.40. The van der Waals surface area contributed by atoms with Crippen molar-refractivity contribution in [2.75, 3.05) is 14.2 Å². The second-order valence-electron chi connectivity index (χ2n) is 2.21. The average Bonchev–Trinajstić information content (AvgIpc) is 2.18. The zero-order chi connectivity index (χ0) is 9.68. The van der Waals surface area contributed by atoms with Crippen LogP contribution >= 0.6 is 0 Å². The van der Waals surface area contributed by atoms with E-state index < -0.39 is 0 Å². The molecule has 0 saturated carbocycles. The van der Waals surface area contributed by atoms with Crippen molar-refractivity contribution in [2.45, 2.75) is 6.54 Å². The highest BCUT2D eigenvalue weighted by Gasteiger charge is 2.11. The SMILES string of the molecule is COc1ncnc(OC)c1CNO. The summed E-state index contributed by atoms with van der Waals surface area (Å²) in [6.07, 6.45) is 1.33. The minimum absolute atomic E-state index is 0.174. The first-order valence-electron chi connectivity index (χ1n) is 3.62. The Balaban J connectivity index is 3.05. The van der Waals surface area contributed by atoms with E-state index in [-0.39, 0.29) is 6.54 Å². The van der Waals surface area contributed by atoms with Gasteiger partial charge in [0.05, 0.1) is 26.3 Å². The van der Waals surface area contributed by atoms with E-state index in [1.54, 1.807) is 0 Å². The molecule has 6 heteroatoms. The molecule has 0 aliphatic rings. The number of hydrogen-bond donors (Lipinski definition) is 2. The molecule has 0 atom stereocenters. The molecule has 0 spiro atoms. The maximum Gasteiger partial charge on any atom is 0.224 e. The first-order valence-corrected chi connectivity index (χ1v) is 3.62. The van der Waals surface area contributed by atoms with Gasteiger partial charge >= 0.3 is 0 Å².